The van der Waals surface area contributed by atoms with Crippen molar-refractivity contribution in [3.05, 3.63) is 53.0 Å². The van der Waals surface area contributed by atoms with Crippen molar-refractivity contribution in [2.24, 2.45) is 0 Å². The van der Waals surface area contributed by atoms with Crippen LogP contribution in [0.25, 0.3) is 23.0 Å². The Morgan fingerprint density at radius 1 is 1.03 bits per heavy atom. The van der Waals surface area contributed by atoms with E-state index < -0.39 is 0 Å². The Hall–Kier alpha value is -2.75. The fourth-order valence-corrected chi connectivity index (χ4v) is 5.05. The predicted molar refractivity (Wildman–Crippen MR) is 122 cm³/mol. The number of morpholine rings is 1. The summed E-state index contributed by atoms with van der Waals surface area (Å²) in [7, 11) is 0. The Bertz CT molecular complexity index is 1200. The summed E-state index contributed by atoms with van der Waals surface area (Å²) < 4.78 is 11.4. The fraction of sp³-hybridized carbons (Fsp3) is 0.273. The van der Waals surface area contributed by atoms with Gasteiger partial charge in [-0.3, -0.25) is 0 Å². The Kier molecular flexibility index (Phi) is 5.71. The second kappa shape index (κ2) is 8.78. The molecule has 4 aromatic rings. The van der Waals surface area contributed by atoms with E-state index in [1.165, 1.54) is 11.1 Å². The largest absolute Gasteiger partial charge is 0.414 e. The van der Waals surface area contributed by atoms with Crippen LogP contribution in [0.3, 0.4) is 0 Å². The Balaban J connectivity index is 1.40. The van der Waals surface area contributed by atoms with Crippen LogP contribution in [-0.4, -0.2) is 46.5 Å². The molecule has 7 nitrogen and oxygen atoms in total. The molecule has 1 aromatic carbocycles. The predicted octanol–water partition coefficient (Wildman–Crippen LogP) is 4.86. The number of hydrogen-bond donors (Lipinski definition) is 0. The molecule has 0 atom stereocenters. The fourth-order valence-electron chi connectivity index (χ4n) is 3.22. The quantitative estimate of drug-likeness (QED) is 0.426. The highest BCUT2D eigenvalue weighted by Crippen LogP contribution is 2.36. The number of benzene rings is 1. The van der Waals surface area contributed by atoms with Gasteiger partial charge in [0, 0.05) is 29.6 Å². The molecule has 0 radical (unpaired) electrons. The lowest BCUT2D eigenvalue weighted by Crippen LogP contribution is -2.36. The van der Waals surface area contributed by atoms with Gasteiger partial charge in [-0.2, -0.15) is 0 Å². The number of thiazole rings is 1. The summed E-state index contributed by atoms with van der Waals surface area (Å²) in [5.41, 5.74) is 4.03. The molecule has 9 heteroatoms. The van der Waals surface area contributed by atoms with E-state index in [1.807, 2.05) is 17.5 Å². The average molecular weight is 452 g/mol. The van der Waals surface area contributed by atoms with Gasteiger partial charge in [0.25, 0.3) is 11.8 Å². The van der Waals surface area contributed by atoms with Gasteiger partial charge in [0.2, 0.25) is 0 Å². The first kappa shape index (κ1) is 20.2. The van der Waals surface area contributed by atoms with Gasteiger partial charge in [0.05, 0.1) is 18.8 Å². The van der Waals surface area contributed by atoms with Crippen molar-refractivity contribution in [2.45, 2.75) is 23.8 Å². The molecule has 3 aromatic heterocycles. The molecular formula is C22H21N5O2S2. The molecule has 0 saturated carbocycles. The first-order valence-corrected chi connectivity index (χ1v) is 11.7. The van der Waals surface area contributed by atoms with Gasteiger partial charge in [0.1, 0.15) is 10.7 Å². The van der Waals surface area contributed by atoms with Crippen LogP contribution in [0.15, 0.2) is 56.2 Å². The lowest BCUT2D eigenvalue weighted by molar-refractivity contribution is 0.122. The first-order chi connectivity index (χ1) is 15.2. The van der Waals surface area contributed by atoms with Crippen LogP contribution in [0, 0.1) is 13.8 Å². The van der Waals surface area contributed by atoms with E-state index in [4.69, 9.17) is 14.1 Å². The van der Waals surface area contributed by atoms with Crippen molar-refractivity contribution in [3.63, 3.8) is 0 Å². The summed E-state index contributed by atoms with van der Waals surface area (Å²) in [5.74, 6) is 0.854. The molecule has 1 saturated heterocycles. The molecule has 0 bridgehead atoms. The Morgan fingerprint density at radius 3 is 2.71 bits per heavy atom. The zero-order chi connectivity index (χ0) is 21.2. The summed E-state index contributed by atoms with van der Waals surface area (Å²) >= 11 is 3.17. The third-order valence-corrected chi connectivity index (χ3v) is 7.02. The lowest BCUT2D eigenvalue weighted by Gasteiger charge is -2.25. The molecule has 0 unspecified atom stereocenters. The summed E-state index contributed by atoms with van der Waals surface area (Å²) in [6.45, 7) is 7.36. The van der Waals surface area contributed by atoms with Crippen molar-refractivity contribution in [1.29, 1.82) is 0 Å². The van der Waals surface area contributed by atoms with Gasteiger partial charge in [-0.1, -0.05) is 17.8 Å². The lowest BCUT2D eigenvalue weighted by atomic mass is 10.1. The molecule has 1 fully saturated rings. The maximum absolute atomic E-state index is 6.00. The molecule has 158 valence electrons. The van der Waals surface area contributed by atoms with Crippen LogP contribution < -0.4 is 4.90 Å². The van der Waals surface area contributed by atoms with Crippen LogP contribution in [0.1, 0.15) is 11.1 Å². The van der Waals surface area contributed by atoms with E-state index in [9.17, 15) is 0 Å². The van der Waals surface area contributed by atoms with E-state index in [2.05, 4.69) is 52.1 Å². The van der Waals surface area contributed by atoms with Crippen LogP contribution in [0.4, 0.5) is 5.13 Å². The number of pyridine rings is 1. The Labute approximate surface area is 188 Å². The minimum atomic E-state index is 0.414. The van der Waals surface area contributed by atoms with E-state index in [0.717, 1.165) is 46.9 Å². The maximum atomic E-state index is 6.00. The minimum absolute atomic E-state index is 0.414. The smallest absolute Gasteiger partial charge is 0.267 e. The number of anilines is 1. The Morgan fingerprint density at radius 2 is 1.87 bits per heavy atom. The normalized spacial score (nSPS) is 14.2. The highest BCUT2D eigenvalue weighted by atomic mass is 32.2. The van der Waals surface area contributed by atoms with E-state index >= 15 is 0 Å². The van der Waals surface area contributed by atoms with Crippen molar-refractivity contribution >= 4 is 28.2 Å². The number of aromatic nitrogens is 4. The summed E-state index contributed by atoms with van der Waals surface area (Å²) in [4.78, 5) is 12.6. The first-order valence-electron chi connectivity index (χ1n) is 10.00. The van der Waals surface area contributed by atoms with Crippen molar-refractivity contribution in [2.75, 3.05) is 31.2 Å². The summed E-state index contributed by atoms with van der Waals surface area (Å²) in [5, 5.41) is 12.3. The minimum Gasteiger partial charge on any atom is -0.414 e. The maximum Gasteiger partial charge on any atom is 0.267 e. The third kappa shape index (κ3) is 4.34. The standard InChI is InChI=1S/C22H21N5O2S2/c1-14-5-6-16(12-15(14)2)31-21-17(4-3-7-23-21)19-25-26-20(29-19)18-13-30-22(24-18)27-8-10-28-11-9-27/h3-7,12-13H,8-11H2,1-2H3. The highest BCUT2D eigenvalue weighted by Gasteiger charge is 2.20. The molecule has 0 amide bonds. The SMILES string of the molecule is Cc1ccc(Sc2ncccc2-c2nnc(-c3csc(N4CCOCC4)n3)o2)cc1C. The zero-order valence-corrected chi connectivity index (χ0v) is 18.9. The van der Waals surface area contributed by atoms with Gasteiger partial charge in [-0.25, -0.2) is 9.97 Å². The molecule has 31 heavy (non-hydrogen) atoms. The van der Waals surface area contributed by atoms with Gasteiger partial charge in [-0.05, 0) is 49.2 Å². The third-order valence-electron chi connectivity index (χ3n) is 5.11. The second-order valence-electron chi connectivity index (χ2n) is 7.23. The second-order valence-corrected chi connectivity index (χ2v) is 9.13. The van der Waals surface area contributed by atoms with Crippen molar-refractivity contribution in [1.82, 2.24) is 20.2 Å². The van der Waals surface area contributed by atoms with Crippen molar-refractivity contribution in [3.8, 4) is 23.0 Å². The van der Waals surface area contributed by atoms with Crippen LogP contribution in [0.2, 0.25) is 0 Å². The van der Waals surface area contributed by atoms with E-state index in [1.54, 1.807) is 29.3 Å². The van der Waals surface area contributed by atoms with Gasteiger partial charge >= 0.3 is 0 Å². The van der Waals surface area contributed by atoms with Gasteiger partial charge < -0.3 is 14.1 Å². The molecular weight excluding hydrogens is 430 g/mol. The molecule has 4 heterocycles. The van der Waals surface area contributed by atoms with Crippen LogP contribution in [0.5, 0.6) is 0 Å². The van der Waals surface area contributed by atoms with Crippen molar-refractivity contribution < 1.29 is 9.15 Å². The number of aryl methyl sites for hydroxylation is 2. The number of nitrogens with zero attached hydrogens (tertiary/aromatic N) is 5. The summed E-state index contributed by atoms with van der Waals surface area (Å²) in [6, 6.07) is 10.2. The molecule has 5 rings (SSSR count). The molecule has 0 aliphatic carbocycles. The molecule has 1 aliphatic rings. The average Bonchev–Trinajstić information content (AvgIpc) is 3.47. The molecule has 0 N–H and O–H groups in total. The van der Waals surface area contributed by atoms with Gasteiger partial charge in [-0.15, -0.1) is 21.5 Å². The number of hydrogen-bond acceptors (Lipinski definition) is 9. The highest BCUT2D eigenvalue weighted by molar-refractivity contribution is 7.99. The molecule has 0 spiro atoms. The topological polar surface area (TPSA) is 77.2 Å². The van der Waals surface area contributed by atoms with Crippen LogP contribution >= 0.6 is 23.1 Å². The molecule has 1 aliphatic heterocycles. The number of ether oxygens (including phenoxy) is 1. The van der Waals surface area contributed by atoms with E-state index in [-0.39, 0.29) is 0 Å². The zero-order valence-electron chi connectivity index (χ0n) is 17.2. The number of rotatable bonds is 5. The van der Waals surface area contributed by atoms with E-state index in [0.29, 0.717) is 17.5 Å². The summed E-state index contributed by atoms with van der Waals surface area (Å²) in [6.07, 6.45) is 1.78. The van der Waals surface area contributed by atoms with Crippen LogP contribution in [-0.2, 0) is 4.74 Å². The monoisotopic (exact) mass is 451 g/mol. The van der Waals surface area contributed by atoms with Gasteiger partial charge in [0.15, 0.2) is 5.13 Å².